The van der Waals surface area contributed by atoms with Crippen molar-refractivity contribution in [1.29, 1.82) is 0 Å². The van der Waals surface area contributed by atoms with Crippen molar-refractivity contribution in [3.63, 3.8) is 0 Å². The summed E-state index contributed by atoms with van der Waals surface area (Å²) < 4.78 is 5.79. The van der Waals surface area contributed by atoms with Gasteiger partial charge in [0.1, 0.15) is 11.5 Å². The summed E-state index contributed by atoms with van der Waals surface area (Å²) in [5.41, 5.74) is 0.843. The number of hydrogen-bond donors (Lipinski definition) is 1. The van der Waals surface area contributed by atoms with E-state index >= 15 is 0 Å². The van der Waals surface area contributed by atoms with Crippen molar-refractivity contribution >= 4 is 0 Å². The van der Waals surface area contributed by atoms with Crippen LogP contribution in [0.2, 0.25) is 0 Å². The van der Waals surface area contributed by atoms with Crippen LogP contribution in [0.25, 0.3) is 0 Å². The molecule has 0 aliphatic heterocycles. The minimum Gasteiger partial charge on any atom is -0.508 e. The summed E-state index contributed by atoms with van der Waals surface area (Å²) in [5, 5.41) is 9.69. The van der Waals surface area contributed by atoms with E-state index in [1.165, 1.54) is 122 Å². The molecule has 1 N–H and O–H groups in total. The van der Waals surface area contributed by atoms with Crippen LogP contribution in [0.3, 0.4) is 0 Å². The number of phenols is 1. The third kappa shape index (κ3) is 16.2. The van der Waals surface area contributed by atoms with Crippen LogP contribution in [0.4, 0.5) is 0 Å². The van der Waals surface area contributed by atoms with Crippen LogP contribution in [0.1, 0.15) is 141 Å². The highest BCUT2D eigenvalue weighted by atomic mass is 16.5. The molecule has 0 saturated heterocycles. The summed E-state index contributed by atoms with van der Waals surface area (Å²) in [4.78, 5) is 0. The number of hydrogen-bond acceptors (Lipinski definition) is 2. The molecule has 2 heteroatoms. The Morgan fingerprint density at radius 3 is 1.39 bits per heavy atom. The zero-order chi connectivity index (χ0) is 22.4. The van der Waals surface area contributed by atoms with Crippen molar-refractivity contribution in [2.45, 2.75) is 142 Å². The van der Waals surface area contributed by atoms with Gasteiger partial charge in [-0.25, -0.2) is 0 Å². The first-order valence-corrected chi connectivity index (χ1v) is 13.7. The molecule has 0 amide bonds. The molecule has 0 spiro atoms. The lowest BCUT2D eigenvalue weighted by atomic mass is 10.0. The molecule has 0 fully saturated rings. The minimum atomic E-state index is 0.320. The lowest BCUT2D eigenvalue weighted by molar-refractivity contribution is 0.300. The highest BCUT2D eigenvalue weighted by Crippen LogP contribution is 2.26. The lowest BCUT2D eigenvalue weighted by Gasteiger charge is -2.09. The Hall–Kier alpha value is -1.18. The number of unbranched alkanes of at least 4 members (excludes halogenated alkanes) is 19. The highest BCUT2D eigenvalue weighted by molar-refractivity contribution is 5.42. The average Bonchev–Trinajstić information content (AvgIpc) is 2.77. The monoisotopic (exact) mass is 432 g/mol. The smallest absolute Gasteiger partial charge is 0.125 e. The van der Waals surface area contributed by atoms with Crippen molar-refractivity contribution in [2.24, 2.45) is 0 Å². The fourth-order valence-electron chi connectivity index (χ4n) is 4.30. The summed E-state index contributed by atoms with van der Waals surface area (Å²) in [6.45, 7) is 4.95. The van der Waals surface area contributed by atoms with Crippen LogP contribution in [0, 0.1) is 6.92 Å². The van der Waals surface area contributed by atoms with Crippen molar-refractivity contribution in [2.75, 3.05) is 6.61 Å². The number of phenolic OH excluding ortho intramolecular Hbond substituents is 1. The Bertz CT molecular complexity index is 511. The summed E-state index contributed by atoms with van der Waals surface area (Å²) in [7, 11) is 0. The van der Waals surface area contributed by atoms with E-state index in [1.807, 2.05) is 19.1 Å². The molecule has 0 aliphatic rings. The first-order chi connectivity index (χ1) is 15.3. The topological polar surface area (TPSA) is 29.5 Å². The van der Waals surface area contributed by atoms with Gasteiger partial charge in [0.2, 0.25) is 0 Å². The fraction of sp³-hybridized carbons (Fsp3) is 0.793. The third-order valence-corrected chi connectivity index (χ3v) is 6.51. The van der Waals surface area contributed by atoms with E-state index in [0.717, 1.165) is 24.3 Å². The number of aromatic hydroxyl groups is 1. The van der Waals surface area contributed by atoms with E-state index in [0.29, 0.717) is 5.75 Å². The van der Waals surface area contributed by atoms with Crippen LogP contribution in [0.15, 0.2) is 18.2 Å². The lowest BCUT2D eigenvalue weighted by Crippen LogP contribution is -1.98. The zero-order valence-electron chi connectivity index (χ0n) is 20.9. The first kappa shape index (κ1) is 27.9. The molecular formula is C29H52O2. The second-order valence-electron chi connectivity index (χ2n) is 9.47. The average molecular weight is 433 g/mol. The molecule has 1 aromatic carbocycles. The van der Waals surface area contributed by atoms with E-state index in [9.17, 15) is 5.11 Å². The van der Waals surface area contributed by atoms with Gasteiger partial charge in [0.05, 0.1) is 6.61 Å². The Morgan fingerprint density at radius 1 is 0.581 bits per heavy atom. The van der Waals surface area contributed by atoms with Gasteiger partial charge in [-0.05, 0) is 25.5 Å². The van der Waals surface area contributed by atoms with Gasteiger partial charge >= 0.3 is 0 Å². The Balaban J connectivity index is 1.73. The number of ether oxygens (including phenoxy) is 1. The van der Waals surface area contributed by atoms with Crippen LogP contribution >= 0.6 is 0 Å². The molecule has 0 heterocycles. The maximum Gasteiger partial charge on any atom is 0.125 e. The molecule has 0 atom stereocenters. The molecular weight excluding hydrogens is 380 g/mol. The summed E-state index contributed by atoms with van der Waals surface area (Å²) in [6.07, 6.45) is 28.1. The van der Waals surface area contributed by atoms with Gasteiger partial charge in [0, 0.05) is 5.56 Å². The van der Waals surface area contributed by atoms with Crippen molar-refractivity contribution in [3.05, 3.63) is 23.8 Å². The minimum absolute atomic E-state index is 0.320. The fourth-order valence-corrected chi connectivity index (χ4v) is 4.30. The van der Waals surface area contributed by atoms with E-state index < -0.39 is 0 Å². The maximum atomic E-state index is 9.69. The van der Waals surface area contributed by atoms with Crippen molar-refractivity contribution < 1.29 is 9.84 Å². The van der Waals surface area contributed by atoms with Crippen LogP contribution in [-0.4, -0.2) is 11.7 Å². The third-order valence-electron chi connectivity index (χ3n) is 6.51. The Labute approximate surface area is 194 Å². The maximum absolute atomic E-state index is 9.69. The van der Waals surface area contributed by atoms with Gasteiger partial charge in [-0.3, -0.25) is 0 Å². The molecule has 1 aromatic rings. The molecule has 2 nitrogen and oxygen atoms in total. The second kappa shape index (κ2) is 20.7. The van der Waals surface area contributed by atoms with E-state index in [1.54, 1.807) is 6.07 Å². The van der Waals surface area contributed by atoms with E-state index in [4.69, 9.17) is 4.74 Å². The molecule has 0 radical (unpaired) electrons. The summed E-state index contributed by atoms with van der Waals surface area (Å²) in [5.74, 6) is 1.14. The summed E-state index contributed by atoms with van der Waals surface area (Å²) >= 11 is 0. The first-order valence-electron chi connectivity index (χ1n) is 13.7. The Kier molecular flexibility index (Phi) is 18.6. The van der Waals surface area contributed by atoms with E-state index in [-0.39, 0.29) is 0 Å². The normalized spacial score (nSPS) is 11.2. The quantitative estimate of drug-likeness (QED) is 0.185. The standard InChI is InChI=1S/C29H52O2/c1-3-4-5-6-7-8-9-10-11-12-13-14-15-16-17-18-19-20-21-22-26-31-29-25-23-24-28(30)27(29)2/h23-25,30H,3-22,26H2,1-2H3. The number of rotatable bonds is 22. The molecule has 0 saturated carbocycles. The van der Waals surface area contributed by atoms with Gasteiger partial charge in [0.15, 0.2) is 0 Å². The van der Waals surface area contributed by atoms with E-state index in [2.05, 4.69) is 6.92 Å². The van der Waals surface area contributed by atoms with Crippen LogP contribution < -0.4 is 4.74 Å². The predicted octanol–water partition coefficient (Wildman–Crippen LogP) is 9.90. The largest absolute Gasteiger partial charge is 0.508 e. The van der Waals surface area contributed by atoms with Gasteiger partial charge < -0.3 is 9.84 Å². The summed E-state index contributed by atoms with van der Waals surface area (Å²) in [6, 6.07) is 5.49. The van der Waals surface area contributed by atoms with Gasteiger partial charge in [-0.1, -0.05) is 135 Å². The molecule has 180 valence electrons. The Morgan fingerprint density at radius 2 is 0.968 bits per heavy atom. The molecule has 0 aromatic heterocycles. The SMILES string of the molecule is CCCCCCCCCCCCCCCCCCCCCCOc1cccc(O)c1C. The van der Waals surface area contributed by atoms with Crippen LogP contribution in [0.5, 0.6) is 11.5 Å². The zero-order valence-corrected chi connectivity index (χ0v) is 20.9. The molecule has 0 bridgehead atoms. The van der Waals surface area contributed by atoms with Gasteiger partial charge in [-0.15, -0.1) is 0 Å². The van der Waals surface area contributed by atoms with Crippen molar-refractivity contribution in [3.8, 4) is 11.5 Å². The molecule has 31 heavy (non-hydrogen) atoms. The predicted molar refractivity (Wildman–Crippen MR) is 136 cm³/mol. The molecule has 1 rings (SSSR count). The highest BCUT2D eigenvalue weighted by Gasteiger charge is 2.03. The van der Waals surface area contributed by atoms with Crippen LogP contribution in [-0.2, 0) is 0 Å². The van der Waals surface area contributed by atoms with Gasteiger partial charge in [0.25, 0.3) is 0 Å². The van der Waals surface area contributed by atoms with Crippen molar-refractivity contribution in [1.82, 2.24) is 0 Å². The molecule has 0 unspecified atom stereocenters. The molecule has 0 aliphatic carbocycles. The second-order valence-corrected chi connectivity index (χ2v) is 9.47. The number of benzene rings is 1. The van der Waals surface area contributed by atoms with Gasteiger partial charge in [-0.2, -0.15) is 0 Å².